The number of nitrogens with zero attached hydrogens (tertiary/aromatic N) is 2. The van der Waals surface area contributed by atoms with Crippen LogP contribution in [0.5, 0.6) is 0 Å². The maximum Gasteiger partial charge on any atom is 0.326 e. The van der Waals surface area contributed by atoms with Crippen molar-refractivity contribution in [1.29, 1.82) is 0 Å². The summed E-state index contributed by atoms with van der Waals surface area (Å²) in [5.41, 5.74) is 0. The van der Waals surface area contributed by atoms with E-state index in [4.69, 9.17) is 0 Å². The van der Waals surface area contributed by atoms with E-state index in [1.807, 2.05) is 17.2 Å². The van der Waals surface area contributed by atoms with E-state index in [1.54, 1.807) is 6.20 Å². The monoisotopic (exact) mass is 311 g/mol. The number of unbranched alkanes of at least 4 members (excludes halogenated alkanes) is 1. The molecule has 1 aliphatic heterocycles. The average Bonchev–Trinajstić information content (AvgIpc) is 3.11. The number of hydrogen-bond donors (Lipinski definition) is 2. The molecule has 0 radical (unpaired) electrons. The summed E-state index contributed by atoms with van der Waals surface area (Å²) in [5.74, 6) is -1.17. The van der Waals surface area contributed by atoms with Crippen LogP contribution in [0.2, 0.25) is 0 Å². The zero-order valence-electron chi connectivity index (χ0n) is 12.1. The van der Waals surface area contributed by atoms with E-state index in [0.717, 1.165) is 37.4 Å². The van der Waals surface area contributed by atoms with E-state index >= 15 is 0 Å². The van der Waals surface area contributed by atoms with Gasteiger partial charge < -0.3 is 15.3 Å². The van der Waals surface area contributed by atoms with Gasteiger partial charge in [0.05, 0.1) is 0 Å². The molecule has 0 aromatic carbocycles. The van der Waals surface area contributed by atoms with Crippen molar-refractivity contribution in [3.05, 3.63) is 11.6 Å². The summed E-state index contributed by atoms with van der Waals surface area (Å²) in [6, 6.07) is -1.10. The summed E-state index contributed by atoms with van der Waals surface area (Å²) in [6.07, 6.45) is 5.55. The number of carboxylic acid groups (broad SMARTS) is 1. The number of carbonyl (C=O) groups excluding carboxylic acids is 1. The maximum absolute atomic E-state index is 12.4. The normalized spacial score (nSPS) is 19.5. The molecule has 21 heavy (non-hydrogen) atoms. The fraction of sp³-hybridized carbons (Fsp3) is 0.643. The van der Waals surface area contributed by atoms with Gasteiger partial charge >= 0.3 is 5.97 Å². The molecule has 0 saturated carbocycles. The standard InChI is InChI=1S/C14H21N3O3S/c1-2-3-5-10(13(19)20)16-12(18)11-6-4-8-17(11)14-15-7-9-21-14/h7,9-11H,2-6,8H2,1H3,(H,16,18)(H,19,20). The summed E-state index contributed by atoms with van der Waals surface area (Å²) in [5, 5.41) is 14.6. The Labute approximate surface area is 128 Å². The summed E-state index contributed by atoms with van der Waals surface area (Å²) in [6.45, 7) is 2.79. The lowest BCUT2D eigenvalue weighted by Gasteiger charge is -2.24. The average molecular weight is 311 g/mol. The summed E-state index contributed by atoms with van der Waals surface area (Å²) in [4.78, 5) is 29.8. The van der Waals surface area contributed by atoms with Crippen LogP contribution >= 0.6 is 11.3 Å². The third-order valence-electron chi connectivity index (χ3n) is 3.68. The zero-order chi connectivity index (χ0) is 15.2. The minimum absolute atomic E-state index is 0.203. The number of anilines is 1. The van der Waals surface area contributed by atoms with Crippen molar-refractivity contribution in [3.63, 3.8) is 0 Å². The Balaban J connectivity index is 1.99. The van der Waals surface area contributed by atoms with Crippen molar-refractivity contribution in [2.75, 3.05) is 11.4 Å². The largest absolute Gasteiger partial charge is 0.480 e. The van der Waals surface area contributed by atoms with E-state index < -0.39 is 12.0 Å². The smallest absolute Gasteiger partial charge is 0.326 e. The van der Waals surface area contributed by atoms with Gasteiger partial charge in [-0.25, -0.2) is 9.78 Å². The number of thiazole rings is 1. The molecule has 2 unspecified atom stereocenters. The first-order valence-corrected chi connectivity index (χ1v) is 8.20. The quantitative estimate of drug-likeness (QED) is 0.803. The van der Waals surface area contributed by atoms with E-state index in [2.05, 4.69) is 10.3 Å². The Bertz CT molecular complexity index is 478. The molecule has 1 aromatic heterocycles. The Morgan fingerprint density at radius 2 is 2.43 bits per heavy atom. The van der Waals surface area contributed by atoms with Crippen molar-refractivity contribution >= 4 is 28.3 Å². The number of aromatic nitrogens is 1. The van der Waals surface area contributed by atoms with Crippen molar-refractivity contribution in [1.82, 2.24) is 10.3 Å². The van der Waals surface area contributed by atoms with Crippen LogP contribution in [0.1, 0.15) is 39.0 Å². The lowest BCUT2D eigenvalue weighted by atomic mass is 10.1. The van der Waals surface area contributed by atoms with E-state index in [-0.39, 0.29) is 11.9 Å². The fourth-order valence-electron chi connectivity index (χ4n) is 2.56. The Hall–Kier alpha value is -1.63. The minimum atomic E-state index is -0.962. The first-order valence-electron chi connectivity index (χ1n) is 7.32. The van der Waals surface area contributed by atoms with Gasteiger partial charge in [-0.1, -0.05) is 19.8 Å². The van der Waals surface area contributed by atoms with Crippen LogP contribution in [0.15, 0.2) is 11.6 Å². The number of rotatable bonds is 7. The molecule has 0 aliphatic carbocycles. The second kappa shape index (κ2) is 7.40. The molecule has 116 valence electrons. The molecule has 0 bridgehead atoms. The van der Waals surface area contributed by atoms with Crippen LogP contribution in [0.4, 0.5) is 5.13 Å². The number of carbonyl (C=O) groups is 2. The van der Waals surface area contributed by atoms with Gasteiger partial charge in [0.1, 0.15) is 12.1 Å². The minimum Gasteiger partial charge on any atom is -0.480 e. The van der Waals surface area contributed by atoms with Crippen molar-refractivity contribution in [2.24, 2.45) is 0 Å². The van der Waals surface area contributed by atoms with Gasteiger partial charge in [-0.15, -0.1) is 11.3 Å². The first kappa shape index (κ1) is 15.8. The molecule has 6 nitrogen and oxygen atoms in total. The Morgan fingerprint density at radius 3 is 3.05 bits per heavy atom. The number of aliphatic carboxylic acids is 1. The van der Waals surface area contributed by atoms with Crippen molar-refractivity contribution in [3.8, 4) is 0 Å². The van der Waals surface area contributed by atoms with E-state index in [9.17, 15) is 14.7 Å². The fourth-order valence-corrected chi connectivity index (χ4v) is 3.28. The molecule has 1 amide bonds. The van der Waals surface area contributed by atoms with E-state index in [0.29, 0.717) is 6.42 Å². The molecule has 1 saturated heterocycles. The molecule has 2 heterocycles. The highest BCUT2D eigenvalue weighted by Crippen LogP contribution is 2.27. The number of amides is 1. The second-order valence-corrected chi connectivity index (χ2v) is 6.08. The first-order chi connectivity index (χ1) is 10.1. The Morgan fingerprint density at radius 1 is 1.62 bits per heavy atom. The van der Waals surface area contributed by atoms with Gasteiger partial charge in [0.2, 0.25) is 5.91 Å². The SMILES string of the molecule is CCCCC(NC(=O)C1CCCN1c1nccs1)C(=O)O. The molecule has 1 aromatic rings. The number of nitrogens with one attached hydrogen (secondary N) is 1. The van der Waals surface area contributed by atoms with Gasteiger partial charge in [-0.2, -0.15) is 0 Å². The third-order valence-corrected chi connectivity index (χ3v) is 4.49. The molecule has 2 atom stereocenters. The van der Waals surface area contributed by atoms with Gasteiger partial charge in [0.15, 0.2) is 5.13 Å². The van der Waals surface area contributed by atoms with Crippen LogP contribution in [0, 0.1) is 0 Å². The number of hydrogen-bond acceptors (Lipinski definition) is 5. The van der Waals surface area contributed by atoms with Gasteiger partial charge in [-0.3, -0.25) is 4.79 Å². The molecule has 1 fully saturated rings. The predicted molar refractivity (Wildman–Crippen MR) is 81.6 cm³/mol. The Kier molecular flexibility index (Phi) is 5.55. The van der Waals surface area contributed by atoms with Crippen LogP contribution in [0.25, 0.3) is 0 Å². The summed E-state index contributed by atoms with van der Waals surface area (Å²) in [7, 11) is 0. The molecule has 1 aliphatic rings. The predicted octanol–water partition coefficient (Wildman–Crippen LogP) is 1.87. The summed E-state index contributed by atoms with van der Waals surface area (Å²) < 4.78 is 0. The van der Waals surface area contributed by atoms with E-state index in [1.165, 1.54) is 11.3 Å². The van der Waals surface area contributed by atoms with Crippen LogP contribution in [0.3, 0.4) is 0 Å². The highest BCUT2D eigenvalue weighted by molar-refractivity contribution is 7.13. The van der Waals surface area contributed by atoms with Gasteiger partial charge in [0, 0.05) is 18.1 Å². The van der Waals surface area contributed by atoms with Gasteiger partial charge in [-0.05, 0) is 19.3 Å². The lowest BCUT2D eigenvalue weighted by molar-refractivity contribution is -0.142. The van der Waals surface area contributed by atoms with Crippen LogP contribution in [-0.2, 0) is 9.59 Å². The summed E-state index contributed by atoms with van der Waals surface area (Å²) >= 11 is 1.50. The van der Waals surface area contributed by atoms with Crippen LogP contribution in [-0.4, -0.2) is 40.6 Å². The topological polar surface area (TPSA) is 82.5 Å². The molecular formula is C14H21N3O3S. The molecule has 7 heteroatoms. The van der Waals surface area contributed by atoms with Crippen molar-refractivity contribution < 1.29 is 14.7 Å². The molecule has 2 rings (SSSR count). The third kappa shape index (κ3) is 3.93. The highest BCUT2D eigenvalue weighted by Gasteiger charge is 2.34. The molecule has 2 N–H and O–H groups in total. The number of carboxylic acids is 1. The zero-order valence-corrected chi connectivity index (χ0v) is 12.9. The maximum atomic E-state index is 12.4. The highest BCUT2D eigenvalue weighted by atomic mass is 32.1. The second-order valence-electron chi connectivity index (χ2n) is 5.21. The molecule has 0 spiro atoms. The van der Waals surface area contributed by atoms with Crippen LogP contribution < -0.4 is 10.2 Å². The molecular weight excluding hydrogens is 290 g/mol. The van der Waals surface area contributed by atoms with Gasteiger partial charge in [0.25, 0.3) is 0 Å². The van der Waals surface area contributed by atoms with Crippen molar-refractivity contribution in [2.45, 2.75) is 51.1 Å². The lowest BCUT2D eigenvalue weighted by Crippen LogP contribution is -2.49.